The van der Waals surface area contributed by atoms with Crippen molar-refractivity contribution < 1.29 is 9.59 Å². The molecule has 4 nitrogen and oxygen atoms in total. The highest BCUT2D eigenvalue weighted by Crippen LogP contribution is 2.04. The largest absolute Gasteiger partial charge is 0.355 e. The lowest BCUT2D eigenvalue weighted by atomic mass is 10.1. The molecule has 17 heavy (non-hydrogen) atoms. The Bertz CT molecular complexity index is 401. The van der Waals surface area contributed by atoms with E-state index in [1.54, 1.807) is 38.2 Å². The van der Waals surface area contributed by atoms with Gasteiger partial charge in [-0.05, 0) is 24.6 Å². The van der Waals surface area contributed by atoms with Gasteiger partial charge in [0, 0.05) is 19.2 Å². The van der Waals surface area contributed by atoms with Crippen LogP contribution in [0, 0.1) is 0 Å². The van der Waals surface area contributed by atoms with Crippen molar-refractivity contribution in [2.45, 2.75) is 18.8 Å². The van der Waals surface area contributed by atoms with E-state index in [1.807, 2.05) is 0 Å². The molecular weight excluding hydrogens is 240 g/mol. The van der Waals surface area contributed by atoms with Crippen LogP contribution in [0.2, 0.25) is 0 Å². The van der Waals surface area contributed by atoms with E-state index >= 15 is 0 Å². The number of carbonyl (C=O) groups is 2. The van der Waals surface area contributed by atoms with Gasteiger partial charge in [-0.25, -0.2) is 0 Å². The Morgan fingerprint density at radius 2 is 1.88 bits per heavy atom. The number of hydrogen-bond donors (Lipinski definition) is 2. The maximum Gasteiger partial charge on any atom is 0.251 e. The highest BCUT2D eigenvalue weighted by Gasteiger charge is 2.08. The van der Waals surface area contributed by atoms with E-state index in [0.29, 0.717) is 12.1 Å². The fraction of sp³-hybridized carbons (Fsp3) is 0.333. The van der Waals surface area contributed by atoms with Crippen molar-refractivity contribution in [1.29, 1.82) is 0 Å². The third-order valence-corrected chi connectivity index (χ3v) is 2.47. The quantitative estimate of drug-likeness (QED) is 0.796. The monoisotopic (exact) mass is 254 g/mol. The van der Waals surface area contributed by atoms with Gasteiger partial charge in [0.25, 0.3) is 5.91 Å². The third kappa shape index (κ3) is 4.07. The average molecular weight is 255 g/mol. The lowest BCUT2D eigenvalue weighted by Gasteiger charge is -2.07. The van der Waals surface area contributed by atoms with E-state index in [-0.39, 0.29) is 11.8 Å². The molecule has 0 bridgehead atoms. The predicted octanol–water partition coefficient (Wildman–Crippen LogP) is 1.29. The predicted molar refractivity (Wildman–Crippen MR) is 67.0 cm³/mol. The van der Waals surface area contributed by atoms with Gasteiger partial charge < -0.3 is 10.6 Å². The molecule has 2 N–H and O–H groups in total. The molecule has 0 aromatic heterocycles. The van der Waals surface area contributed by atoms with Crippen molar-refractivity contribution in [3.05, 3.63) is 35.4 Å². The molecule has 1 aromatic rings. The molecule has 1 rings (SSSR count). The van der Waals surface area contributed by atoms with Crippen molar-refractivity contribution in [1.82, 2.24) is 10.6 Å². The van der Waals surface area contributed by atoms with Crippen molar-refractivity contribution >= 4 is 23.4 Å². The van der Waals surface area contributed by atoms with E-state index in [4.69, 9.17) is 11.6 Å². The summed E-state index contributed by atoms with van der Waals surface area (Å²) in [6, 6.07) is 7.02. The standard InChI is InChI=1S/C12H15ClN2O2/c1-8(13)11(16)15-7-9-3-5-10(6-4-9)12(17)14-2/h3-6,8H,7H2,1-2H3,(H,14,17)(H,15,16). The fourth-order valence-electron chi connectivity index (χ4n) is 1.25. The lowest BCUT2D eigenvalue weighted by molar-refractivity contribution is -0.120. The Morgan fingerprint density at radius 3 is 2.35 bits per heavy atom. The third-order valence-electron chi connectivity index (χ3n) is 2.27. The van der Waals surface area contributed by atoms with Crippen LogP contribution in [0.3, 0.4) is 0 Å². The molecule has 0 radical (unpaired) electrons. The van der Waals surface area contributed by atoms with Gasteiger partial charge in [0.05, 0.1) is 0 Å². The highest BCUT2D eigenvalue weighted by molar-refractivity contribution is 6.30. The first-order chi connectivity index (χ1) is 8.04. The number of alkyl halides is 1. The first kappa shape index (κ1) is 13.5. The van der Waals surface area contributed by atoms with E-state index in [0.717, 1.165) is 5.56 Å². The number of halogens is 1. The lowest BCUT2D eigenvalue weighted by Crippen LogP contribution is -2.29. The van der Waals surface area contributed by atoms with Crippen LogP contribution < -0.4 is 10.6 Å². The van der Waals surface area contributed by atoms with E-state index in [9.17, 15) is 9.59 Å². The Labute approximate surface area is 105 Å². The van der Waals surface area contributed by atoms with Gasteiger partial charge in [0.1, 0.15) is 5.38 Å². The summed E-state index contributed by atoms with van der Waals surface area (Å²) in [6.45, 7) is 2.02. The summed E-state index contributed by atoms with van der Waals surface area (Å²) >= 11 is 5.62. The topological polar surface area (TPSA) is 58.2 Å². The molecule has 0 aliphatic carbocycles. The number of hydrogen-bond acceptors (Lipinski definition) is 2. The van der Waals surface area contributed by atoms with Crippen LogP contribution in [0.5, 0.6) is 0 Å². The zero-order chi connectivity index (χ0) is 12.8. The minimum absolute atomic E-state index is 0.130. The molecule has 0 spiro atoms. The number of carbonyl (C=O) groups excluding carboxylic acids is 2. The fourth-order valence-corrected chi connectivity index (χ4v) is 1.33. The number of amides is 2. The highest BCUT2D eigenvalue weighted by atomic mass is 35.5. The van der Waals surface area contributed by atoms with Gasteiger partial charge in [0.2, 0.25) is 5.91 Å². The minimum atomic E-state index is -0.542. The first-order valence-electron chi connectivity index (χ1n) is 5.27. The summed E-state index contributed by atoms with van der Waals surface area (Å²) in [5.74, 6) is -0.336. The molecule has 2 amide bonds. The second-order valence-corrected chi connectivity index (χ2v) is 4.26. The maximum absolute atomic E-state index is 11.3. The molecule has 1 unspecified atom stereocenters. The van der Waals surface area contributed by atoms with Crippen LogP contribution in [0.1, 0.15) is 22.8 Å². The molecule has 0 saturated carbocycles. The smallest absolute Gasteiger partial charge is 0.251 e. The van der Waals surface area contributed by atoms with E-state index in [1.165, 1.54) is 0 Å². The second-order valence-electron chi connectivity index (χ2n) is 3.61. The van der Waals surface area contributed by atoms with Gasteiger partial charge in [-0.15, -0.1) is 11.6 Å². The molecule has 1 aromatic carbocycles. The van der Waals surface area contributed by atoms with Crippen molar-refractivity contribution in [2.24, 2.45) is 0 Å². The molecule has 0 fully saturated rings. The molecule has 5 heteroatoms. The van der Waals surface area contributed by atoms with Gasteiger partial charge in [0.15, 0.2) is 0 Å². The van der Waals surface area contributed by atoms with Gasteiger partial charge in [-0.1, -0.05) is 12.1 Å². The van der Waals surface area contributed by atoms with Crippen LogP contribution in [-0.2, 0) is 11.3 Å². The Morgan fingerprint density at radius 1 is 1.29 bits per heavy atom. The normalized spacial score (nSPS) is 11.7. The van der Waals surface area contributed by atoms with Gasteiger partial charge >= 0.3 is 0 Å². The zero-order valence-corrected chi connectivity index (χ0v) is 10.5. The summed E-state index contributed by atoms with van der Waals surface area (Å²) in [4.78, 5) is 22.5. The number of rotatable bonds is 4. The van der Waals surface area contributed by atoms with E-state index in [2.05, 4.69) is 10.6 Å². The van der Waals surface area contributed by atoms with Crippen LogP contribution in [0.15, 0.2) is 24.3 Å². The molecule has 0 aliphatic rings. The molecule has 0 saturated heterocycles. The Hall–Kier alpha value is -1.55. The molecule has 92 valence electrons. The summed E-state index contributed by atoms with van der Waals surface area (Å²) in [7, 11) is 1.58. The van der Waals surface area contributed by atoms with Crippen molar-refractivity contribution in [2.75, 3.05) is 7.05 Å². The van der Waals surface area contributed by atoms with E-state index < -0.39 is 5.38 Å². The van der Waals surface area contributed by atoms with Crippen LogP contribution in [0.4, 0.5) is 0 Å². The van der Waals surface area contributed by atoms with Crippen molar-refractivity contribution in [3.8, 4) is 0 Å². The number of benzene rings is 1. The Kier molecular flexibility index (Phi) is 4.97. The van der Waals surface area contributed by atoms with Crippen LogP contribution in [0.25, 0.3) is 0 Å². The summed E-state index contributed by atoms with van der Waals surface area (Å²) in [6.07, 6.45) is 0. The van der Waals surface area contributed by atoms with Crippen molar-refractivity contribution in [3.63, 3.8) is 0 Å². The SMILES string of the molecule is CNC(=O)c1ccc(CNC(=O)C(C)Cl)cc1. The van der Waals surface area contributed by atoms with Crippen LogP contribution in [-0.4, -0.2) is 24.2 Å². The molecule has 1 atom stereocenters. The minimum Gasteiger partial charge on any atom is -0.355 e. The average Bonchev–Trinajstić information content (AvgIpc) is 2.35. The summed E-state index contributed by atoms with van der Waals surface area (Å²) in [5.41, 5.74) is 1.51. The summed E-state index contributed by atoms with van der Waals surface area (Å²) < 4.78 is 0. The molecular formula is C12H15ClN2O2. The second kappa shape index (κ2) is 6.25. The Balaban J connectivity index is 2.57. The van der Waals surface area contributed by atoms with Crippen LogP contribution >= 0.6 is 11.6 Å². The van der Waals surface area contributed by atoms with Gasteiger partial charge in [-0.3, -0.25) is 9.59 Å². The zero-order valence-electron chi connectivity index (χ0n) is 9.79. The first-order valence-corrected chi connectivity index (χ1v) is 5.71. The number of nitrogens with one attached hydrogen (secondary N) is 2. The summed E-state index contributed by atoms with van der Waals surface area (Å²) in [5, 5.41) is 4.69. The van der Waals surface area contributed by atoms with Gasteiger partial charge in [-0.2, -0.15) is 0 Å². The molecule has 0 heterocycles. The molecule has 0 aliphatic heterocycles. The maximum atomic E-state index is 11.3.